The smallest absolute Gasteiger partial charge is 0.320 e. The average molecular weight is 293 g/mol. The van der Waals surface area contributed by atoms with E-state index in [-0.39, 0.29) is 6.54 Å². The molecule has 0 saturated carbocycles. The lowest BCUT2D eigenvalue weighted by molar-refractivity contribution is -0.147. The lowest BCUT2D eigenvalue weighted by Crippen LogP contribution is -2.43. The summed E-state index contributed by atoms with van der Waals surface area (Å²) in [5.74, 6) is -2.43. The van der Waals surface area contributed by atoms with Crippen molar-refractivity contribution in [3.05, 3.63) is 35.4 Å². The van der Waals surface area contributed by atoms with Crippen molar-refractivity contribution >= 4 is 11.9 Å². The highest BCUT2D eigenvalue weighted by molar-refractivity contribution is 5.74. The molecule has 0 bridgehead atoms. The average Bonchev–Trinajstić information content (AvgIpc) is 2.41. The topological polar surface area (TPSA) is 77.8 Å². The van der Waals surface area contributed by atoms with Gasteiger partial charge in [0.2, 0.25) is 0 Å². The number of nitrogens with zero attached hydrogens (tertiary/aromatic N) is 1. The molecule has 2 atom stereocenters. The number of rotatable bonds is 8. The Bertz CT molecular complexity index is 501. The number of hydrogen-bond acceptors (Lipinski definition) is 3. The van der Waals surface area contributed by atoms with Gasteiger partial charge < -0.3 is 10.2 Å². The third-order valence-electron chi connectivity index (χ3n) is 3.68. The lowest BCUT2D eigenvalue weighted by atomic mass is 10.0. The molecule has 0 radical (unpaired) electrons. The van der Waals surface area contributed by atoms with E-state index < -0.39 is 23.9 Å². The summed E-state index contributed by atoms with van der Waals surface area (Å²) < 4.78 is 0. The molecule has 1 rings (SSSR count). The van der Waals surface area contributed by atoms with E-state index in [1.807, 2.05) is 31.2 Å². The fourth-order valence-electron chi connectivity index (χ4n) is 2.33. The summed E-state index contributed by atoms with van der Waals surface area (Å²) >= 11 is 0. The summed E-state index contributed by atoms with van der Waals surface area (Å²) in [6, 6.07) is 7.07. The number of hydrogen-bond donors (Lipinski definition) is 2. The van der Waals surface area contributed by atoms with Crippen LogP contribution in [0.4, 0.5) is 0 Å². The molecule has 0 aromatic heterocycles. The molecule has 0 aliphatic heterocycles. The van der Waals surface area contributed by atoms with E-state index in [0.29, 0.717) is 13.0 Å². The molecular formula is C16H23NO4. The Morgan fingerprint density at radius 1 is 1.19 bits per heavy atom. The minimum atomic E-state index is -0.913. The molecule has 21 heavy (non-hydrogen) atoms. The number of carbonyl (C=O) groups is 2. The predicted octanol–water partition coefficient (Wildman–Crippen LogP) is 2.38. The first-order chi connectivity index (χ1) is 9.86. The van der Waals surface area contributed by atoms with Crippen LogP contribution < -0.4 is 0 Å². The van der Waals surface area contributed by atoms with Crippen molar-refractivity contribution < 1.29 is 19.8 Å². The molecule has 0 spiro atoms. The molecule has 116 valence electrons. The number of benzene rings is 1. The summed E-state index contributed by atoms with van der Waals surface area (Å²) in [5.41, 5.74) is 2.10. The molecule has 0 fully saturated rings. The van der Waals surface area contributed by atoms with Crippen molar-refractivity contribution in [2.24, 2.45) is 5.92 Å². The second-order valence-corrected chi connectivity index (χ2v) is 5.36. The van der Waals surface area contributed by atoms with Gasteiger partial charge in [0.05, 0.1) is 5.92 Å². The van der Waals surface area contributed by atoms with Crippen molar-refractivity contribution in [1.29, 1.82) is 0 Å². The summed E-state index contributed by atoms with van der Waals surface area (Å²) in [7, 11) is 0. The molecule has 1 aromatic rings. The van der Waals surface area contributed by atoms with Crippen LogP contribution in [0, 0.1) is 12.8 Å². The van der Waals surface area contributed by atoms with Crippen molar-refractivity contribution in [2.75, 3.05) is 6.54 Å². The van der Waals surface area contributed by atoms with Crippen LogP contribution in [0.3, 0.4) is 0 Å². The monoisotopic (exact) mass is 293 g/mol. The first kappa shape index (κ1) is 17.2. The largest absolute Gasteiger partial charge is 0.481 e. The molecule has 0 saturated heterocycles. The highest BCUT2D eigenvalue weighted by Crippen LogP contribution is 2.16. The van der Waals surface area contributed by atoms with Gasteiger partial charge in [-0.3, -0.25) is 14.5 Å². The summed E-state index contributed by atoms with van der Waals surface area (Å²) in [4.78, 5) is 24.2. The third-order valence-corrected chi connectivity index (χ3v) is 3.68. The Morgan fingerprint density at radius 2 is 1.81 bits per heavy atom. The Balaban J connectivity index is 2.98. The molecule has 5 heteroatoms. The highest BCUT2D eigenvalue weighted by atomic mass is 16.4. The predicted molar refractivity (Wildman–Crippen MR) is 80.1 cm³/mol. The zero-order valence-electron chi connectivity index (χ0n) is 12.7. The normalized spacial score (nSPS) is 13.9. The van der Waals surface area contributed by atoms with Crippen LogP contribution in [-0.4, -0.2) is 39.6 Å². The van der Waals surface area contributed by atoms with E-state index in [4.69, 9.17) is 5.11 Å². The van der Waals surface area contributed by atoms with Crippen molar-refractivity contribution in [3.8, 4) is 0 Å². The Labute approximate surface area is 125 Å². The summed E-state index contributed by atoms with van der Waals surface area (Å²) in [5, 5.41) is 18.4. The number of aliphatic carboxylic acids is 2. The Kier molecular flexibility index (Phi) is 6.37. The Hall–Kier alpha value is -1.88. The van der Waals surface area contributed by atoms with Gasteiger partial charge in [-0.2, -0.15) is 0 Å². The Morgan fingerprint density at radius 3 is 2.29 bits per heavy atom. The molecule has 2 unspecified atom stereocenters. The molecule has 0 amide bonds. The molecule has 0 heterocycles. The van der Waals surface area contributed by atoms with Gasteiger partial charge in [0.25, 0.3) is 0 Å². The van der Waals surface area contributed by atoms with E-state index in [1.165, 1.54) is 0 Å². The van der Waals surface area contributed by atoms with Crippen LogP contribution in [0.1, 0.15) is 31.4 Å². The standard InChI is InChI=1S/C16H23NO4/c1-4-14(16(20)21)17(9-12(3)15(18)19)10-13-8-6-5-7-11(13)2/h5-8,12,14H,4,9-10H2,1-3H3,(H,18,19)(H,20,21). The maximum absolute atomic E-state index is 11.4. The van der Waals surface area contributed by atoms with E-state index in [0.717, 1.165) is 11.1 Å². The minimum Gasteiger partial charge on any atom is -0.481 e. The lowest BCUT2D eigenvalue weighted by Gasteiger charge is -2.30. The van der Waals surface area contributed by atoms with Gasteiger partial charge in [0.15, 0.2) is 0 Å². The van der Waals surface area contributed by atoms with Gasteiger partial charge in [0, 0.05) is 13.1 Å². The highest BCUT2D eigenvalue weighted by Gasteiger charge is 2.27. The van der Waals surface area contributed by atoms with Crippen LogP contribution in [0.2, 0.25) is 0 Å². The van der Waals surface area contributed by atoms with Crippen LogP contribution in [0.25, 0.3) is 0 Å². The maximum Gasteiger partial charge on any atom is 0.320 e. The van der Waals surface area contributed by atoms with Crippen molar-refractivity contribution in [3.63, 3.8) is 0 Å². The molecular weight excluding hydrogens is 270 g/mol. The summed E-state index contributed by atoms with van der Waals surface area (Å²) in [6.07, 6.45) is 0.438. The zero-order valence-corrected chi connectivity index (χ0v) is 12.7. The third kappa shape index (κ3) is 4.86. The first-order valence-corrected chi connectivity index (χ1v) is 7.11. The van der Waals surface area contributed by atoms with Gasteiger partial charge in [-0.25, -0.2) is 0 Å². The quantitative estimate of drug-likeness (QED) is 0.769. The van der Waals surface area contributed by atoms with Gasteiger partial charge in [0.1, 0.15) is 6.04 Å². The van der Waals surface area contributed by atoms with Crippen molar-refractivity contribution in [1.82, 2.24) is 4.90 Å². The van der Waals surface area contributed by atoms with Gasteiger partial charge in [-0.1, -0.05) is 38.1 Å². The fraction of sp³-hybridized carbons (Fsp3) is 0.500. The van der Waals surface area contributed by atoms with E-state index in [2.05, 4.69) is 0 Å². The van der Waals surface area contributed by atoms with Crippen molar-refractivity contribution in [2.45, 2.75) is 39.8 Å². The fourth-order valence-corrected chi connectivity index (χ4v) is 2.33. The van der Waals surface area contributed by atoms with Crippen LogP contribution >= 0.6 is 0 Å². The molecule has 5 nitrogen and oxygen atoms in total. The van der Waals surface area contributed by atoms with Gasteiger partial charge in [-0.05, 0) is 24.5 Å². The van der Waals surface area contributed by atoms with Crippen LogP contribution in [0.5, 0.6) is 0 Å². The molecule has 2 N–H and O–H groups in total. The van der Waals surface area contributed by atoms with Crippen LogP contribution in [-0.2, 0) is 16.1 Å². The zero-order chi connectivity index (χ0) is 16.0. The number of aryl methyl sites for hydroxylation is 1. The van der Waals surface area contributed by atoms with E-state index in [9.17, 15) is 14.7 Å². The molecule has 0 aliphatic rings. The minimum absolute atomic E-state index is 0.217. The second-order valence-electron chi connectivity index (χ2n) is 5.36. The molecule has 0 aliphatic carbocycles. The molecule has 1 aromatic carbocycles. The second kappa shape index (κ2) is 7.78. The van der Waals surface area contributed by atoms with E-state index in [1.54, 1.807) is 18.7 Å². The number of carboxylic acid groups (broad SMARTS) is 2. The number of carboxylic acids is 2. The van der Waals surface area contributed by atoms with Gasteiger partial charge >= 0.3 is 11.9 Å². The van der Waals surface area contributed by atoms with Crippen LogP contribution in [0.15, 0.2) is 24.3 Å². The first-order valence-electron chi connectivity index (χ1n) is 7.11. The van der Waals surface area contributed by atoms with Gasteiger partial charge in [-0.15, -0.1) is 0 Å². The maximum atomic E-state index is 11.4. The summed E-state index contributed by atoms with van der Waals surface area (Å²) in [6.45, 7) is 6.02. The van der Waals surface area contributed by atoms with E-state index >= 15 is 0 Å². The SMILES string of the molecule is CCC(C(=O)O)N(Cc1ccccc1C)CC(C)C(=O)O.